The van der Waals surface area contributed by atoms with E-state index >= 15 is 0 Å². The lowest BCUT2D eigenvalue weighted by atomic mass is 9.95. The Labute approximate surface area is 124 Å². The van der Waals surface area contributed by atoms with Crippen LogP contribution in [-0.4, -0.2) is 0 Å². The van der Waals surface area contributed by atoms with Crippen LogP contribution in [0, 0.1) is 0 Å². The Hall–Kier alpha value is -0.300. The van der Waals surface area contributed by atoms with E-state index in [2.05, 4.69) is 39.8 Å². The lowest BCUT2D eigenvalue weighted by molar-refractivity contribution is 0.576. The van der Waals surface area contributed by atoms with Crippen LogP contribution in [0.25, 0.3) is 0 Å². The number of thiophene rings is 1. The van der Waals surface area contributed by atoms with Gasteiger partial charge >= 0.3 is 0 Å². The van der Waals surface area contributed by atoms with Crippen molar-refractivity contribution in [3.63, 3.8) is 0 Å². The molecule has 0 atom stereocenters. The van der Waals surface area contributed by atoms with E-state index in [0.29, 0.717) is 5.41 Å². The molecule has 0 N–H and O–H groups in total. The van der Waals surface area contributed by atoms with E-state index in [-0.39, 0.29) is 0 Å². The maximum Gasteiger partial charge on any atom is 0.0102 e. The molecule has 0 saturated carbocycles. The van der Waals surface area contributed by atoms with E-state index in [4.69, 9.17) is 0 Å². The van der Waals surface area contributed by atoms with Crippen molar-refractivity contribution in [1.29, 1.82) is 0 Å². The predicted molar refractivity (Wildman–Crippen MR) is 89.3 cm³/mol. The molecular formula is C18H32S. The van der Waals surface area contributed by atoms with Crippen molar-refractivity contribution in [2.24, 2.45) is 0 Å². The second-order valence-corrected chi connectivity index (χ2v) is 7.91. The van der Waals surface area contributed by atoms with Crippen molar-refractivity contribution in [2.45, 2.75) is 90.9 Å². The minimum Gasteiger partial charge on any atom is -0.145 e. The third-order valence-corrected chi connectivity index (χ3v) is 5.25. The molecule has 0 spiro atoms. The fourth-order valence-corrected chi connectivity index (χ4v) is 3.46. The van der Waals surface area contributed by atoms with Gasteiger partial charge in [-0.15, -0.1) is 11.3 Å². The van der Waals surface area contributed by atoms with Crippen molar-refractivity contribution in [2.75, 3.05) is 0 Å². The summed E-state index contributed by atoms with van der Waals surface area (Å²) in [5.41, 5.74) is 0.322. The number of hydrogen-bond acceptors (Lipinski definition) is 1. The summed E-state index contributed by atoms with van der Waals surface area (Å²) in [6, 6.07) is 4.66. The summed E-state index contributed by atoms with van der Waals surface area (Å²) in [5.74, 6) is 0. The highest BCUT2D eigenvalue weighted by Gasteiger charge is 2.15. The Morgan fingerprint density at radius 1 is 0.842 bits per heavy atom. The average molecular weight is 281 g/mol. The fourth-order valence-electron chi connectivity index (χ4n) is 2.35. The molecule has 0 bridgehead atoms. The molecule has 1 heterocycles. The summed E-state index contributed by atoms with van der Waals surface area (Å²) in [6.45, 7) is 9.20. The molecule has 0 unspecified atom stereocenters. The van der Waals surface area contributed by atoms with Gasteiger partial charge in [0.1, 0.15) is 0 Å². The Balaban J connectivity index is 2.08. The lowest BCUT2D eigenvalue weighted by Crippen LogP contribution is -2.07. The molecule has 1 rings (SSSR count). The average Bonchev–Trinajstić information content (AvgIpc) is 2.81. The minimum atomic E-state index is 0.322. The van der Waals surface area contributed by atoms with Gasteiger partial charge in [-0.25, -0.2) is 0 Å². The van der Waals surface area contributed by atoms with Crippen LogP contribution < -0.4 is 0 Å². The van der Waals surface area contributed by atoms with Gasteiger partial charge in [0, 0.05) is 9.75 Å². The number of unbranched alkanes of at least 4 members (excludes halogenated alkanes) is 7. The van der Waals surface area contributed by atoms with E-state index in [1.807, 2.05) is 11.3 Å². The van der Waals surface area contributed by atoms with Crippen molar-refractivity contribution in [1.82, 2.24) is 0 Å². The number of hydrogen-bond donors (Lipinski definition) is 0. The third-order valence-electron chi connectivity index (χ3n) is 3.68. The molecule has 0 aliphatic carbocycles. The lowest BCUT2D eigenvalue weighted by Gasteiger charge is -2.15. The second kappa shape index (κ2) is 8.79. The summed E-state index contributed by atoms with van der Waals surface area (Å²) < 4.78 is 0. The van der Waals surface area contributed by atoms with Gasteiger partial charge in [0.2, 0.25) is 0 Å². The second-order valence-electron chi connectivity index (χ2n) is 6.74. The zero-order valence-corrected chi connectivity index (χ0v) is 14.2. The molecule has 1 aromatic heterocycles. The standard InChI is InChI=1S/C18H32S/c1-5-6-7-8-9-10-11-12-13-16-14-15-17(19-16)18(2,3)4/h14-15H,5-13H2,1-4H3. The van der Waals surface area contributed by atoms with E-state index in [0.717, 1.165) is 0 Å². The normalized spacial score (nSPS) is 12.0. The maximum absolute atomic E-state index is 2.34. The first-order valence-electron chi connectivity index (χ1n) is 8.13. The zero-order valence-electron chi connectivity index (χ0n) is 13.4. The first-order valence-corrected chi connectivity index (χ1v) is 8.95. The summed E-state index contributed by atoms with van der Waals surface area (Å²) in [5, 5.41) is 0. The number of rotatable bonds is 9. The van der Waals surface area contributed by atoms with Crippen LogP contribution >= 0.6 is 11.3 Å². The van der Waals surface area contributed by atoms with Gasteiger partial charge < -0.3 is 0 Å². The van der Waals surface area contributed by atoms with Crippen LogP contribution in [0.5, 0.6) is 0 Å². The maximum atomic E-state index is 2.34. The van der Waals surface area contributed by atoms with Crippen LogP contribution in [0.3, 0.4) is 0 Å². The first-order chi connectivity index (χ1) is 9.04. The molecular weight excluding hydrogens is 248 g/mol. The van der Waals surface area contributed by atoms with Crippen LogP contribution in [0.1, 0.15) is 88.8 Å². The van der Waals surface area contributed by atoms with Gasteiger partial charge in [-0.3, -0.25) is 0 Å². The minimum absolute atomic E-state index is 0.322. The van der Waals surface area contributed by atoms with E-state index < -0.39 is 0 Å². The smallest absolute Gasteiger partial charge is 0.0102 e. The Morgan fingerprint density at radius 2 is 1.42 bits per heavy atom. The summed E-state index contributed by atoms with van der Waals surface area (Å²) in [6.07, 6.45) is 12.6. The summed E-state index contributed by atoms with van der Waals surface area (Å²) in [4.78, 5) is 3.11. The highest BCUT2D eigenvalue weighted by atomic mass is 32.1. The van der Waals surface area contributed by atoms with E-state index in [1.54, 1.807) is 4.88 Å². The van der Waals surface area contributed by atoms with Gasteiger partial charge in [-0.05, 0) is 30.4 Å². The molecule has 0 aromatic carbocycles. The molecule has 0 aliphatic heterocycles. The fraction of sp³-hybridized carbons (Fsp3) is 0.778. The van der Waals surface area contributed by atoms with E-state index in [9.17, 15) is 0 Å². The quantitative estimate of drug-likeness (QED) is 0.440. The van der Waals surface area contributed by atoms with Gasteiger partial charge in [-0.2, -0.15) is 0 Å². The Bertz CT molecular complexity index is 330. The predicted octanol–water partition coefficient (Wildman–Crippen LogP) is 6.73. The van der Waals surface area contributed by atoms with Crippen LogP contribution in [0.4, 0.5) is 0 Å². The molecule has 0 amide bonds. The largest absolute Gasteiger partial charge is 0.145 e. The Kier molecular flexibility index (Phi) is 7.75. The first kappa shape index (κ1) is 16.8. The topological polar surface area (TPSA) is 0 Å². The van der Waals surface area contributed by atoms with Crippen LogP contribution in [0.15, 0.2) is 12.1 Å². The monoisotopic (exact) mass is 280 g/mol. The Morgan fingerprint density at radius 3 is 1.95 bits per heavy atom. The van der Waals surface area contributed by atoms with E-state index in [1.165, 1.54) is 62.7 Å². The molecule has 0 nitrogen and oxygen atoms in total. The van der Waals surface area contributed by atoms with Crippen LogP contribution in [-0.2, 0) is 11.8 Å². The molecule has 1 aromatic rings. The summed E-state index contributed by atoms with van der Waals surface area (Å²) >= 11 is 2.01. The molecule has 0 saturated heterocycles. The molecule has 1 heteroatoms. The third kappa shape index (κ3) is 7.15. The van der Waals surface area contributed by atoms with Gasteiger partial charge in [0.15, 0.2) is 0 Å². The molecule has 0 radical (unpaired) electrons. The van der Waals surface area contributed by atoms with Crippen molar-refractivity contribution in [3.8, 4) is 0 Å². The molecule has 19 heavy (non-hydrogen) atoms. The highest BCUT2D eigenvalue weighted by Crippen LogP contribution is 2.30. The molecule has 110 valence electrons. The van der Waals surface area contributed by atoms with Crippen molar-refractivity contribution < 1.29 is 0 Å². The van der Waals surface area contributed by atoms with Gasteiger partial charge in [0.25, 0.3) is 0 Å². The molecule has 0 aliphatic rings. The number of aryl methyl sites for hydroxylation is 1. The van der Waals surface area contributed by atoms with Crippen LogP contribution in [0.2, 0.25) is 0 Å². The van der Waals surface area contributed by atoms with Crippen molar-refractivity contribution in [3.05, 3.63) is 21.9 Å². The van der Waals surface area contributed by atoms with Crippen molar-refractivity contribution >= 4 is 11.3 Å². The van der Waals surface area contributed by atoms with Gasteiger partial charge in [-0.1, -0.05) is 72.6 Å². The van der Waals surface area contributed by atoms with Gasteiger partial charge in [0.05, 0.1) is 0 Å². The summed E-state index contributed by atoms with van der Waals surface area (Å²) in [7, 11) is 0. The molecule has 0 fully saturated rings. The highest BCUT2D eigenvalue weighted by molar-refractivity contribution is 7.12. The zero-order chi connectivity index (χ0) is 14.1. The SMILES string of the molecule is CCCCCCCCCCc1ccc(C(C)(C)C)s1.